The van der Waals surface area contributed by atoms with E-state index in [1.807, 2.05) is 48.2 Å². The van der Waals surface area contributed by atoms with E-state index >= 15 is 0 Å². The van der Waals surface area contributed by atoms with Gasteiger partial charge in [-0.05, 0) is 44.2 Å². The Morgan fingerprint density at radius 3 is 2.64 bits per heavy atom. The van der Waals surface area contributed by atoms with Crippen LogP contribution in [-0.4, -0.2) is 41.0 Å². The molecule has 0 N–H and O–H groups in total. The van der Waals surface area contributed by atoms with Gasteiger partial charge in [0.15, 0.2) is 0 Å². The number of hydrogen-bond acceptors (Lipinski definition) is 3. The van der Waals surface area contributed by atoms with Gasteiger partial charge in [0.1, 0.15) is 0 Å². The number of amides is 1. The van der Waals surface area contributed by atoms with Gasteiger partial charge in [-0.1, -0.05) is 37.3 Å². The van der Waals surface area contributed by atoms with Crippen LogP contribution in [0.2, 0.25) is 0 Å². The Morgan fingerprint density at radius 2 is 1.96 bits per heavy atom. The number of esters is 1. The summed E-state index contributed by atoms with van der Waals surface area (Å²) in [5.74, 6) is 0.449. The van der Waals surface area contributed by atoms with E-state index in [1.54, 1.807) is 6.92 Å². The Hall–Kier alpha value is -2.56. The predicted octanol–water partition coefficient (Wildman–Crippen LogP) is 4.29. The number of carbonyl (C=O) groups is 2. The summed E-state index contributed by atoms with van der Waals surface area (Å²) < 4.78 is 7.29. The molecule has 1 aromatic carbocycles. The summed E-state index contributed by atoms with van der Waals surface area (Å²) in [4.78, 5) is 27.1. The van der Waals surface area contributed by atoms with Crippen LogP contribution in [0.5, 0.6) is 0 Å². The lowest BCUT2D eigenvalue weighted by Crippen LogP contribution is -2.39. The van der Waals surface area contributed by atoms with Gasteiger partial charge in [-0.2, -0.15) is 0 Å². The number of likely N-dealkylation sites (tertiary alicyclic amines) is 1. The highest BCUT2D eigenvalue weighted by Gasteiger charge is 2.23. The van der Waals surface area contributed by atoms with Gasteiger partial charge in [0.05, 0.1) is 12.2 Å². The zero-order valence-electron chi connectivity index (χ0n) is 17.1. The van der Waals surface area contributed by atoms with E-state index < -0.39 is 0 Å². The molecule has 5 nitrogen and oxygen atoms in total. The molecule has 2 heterocycles. The molecular formula is C23H30N2O3. The number of carbonyl (C=O) groups excluding carboxylic acids is 2. The second-order valence-electron chi connectivity index (χ2n) is 7.60. The minimum Gasteiger partial charge on any atom is -0.462 e. The van der Waals surface area contributed by atoms with Crippen molar-refractivity contribution < 1.29 is 14.3 Å². The van der Waals surface area contributed by atoms with E-state index in [-0.39, 0.29) is 11.9 Å². The first kappa shape index (κ1) is 20.2. The van der Waals surface area contributed by atoms with Crippen LogP contribution in [0, 0.1) is 12.8 Å². The van der Waals surface area contributed by atoms with Crippen LogP contribution < -0.4 is 0 Å². The molecule has 1 aromatic heterocycles. The highest BCUT2D eigenvalue weighted by atomic mass is 16.5. The molecule has 1 atom stereocenters. The molecule has 0 saturated carbocycles. The van der Waals surface area contributed by atoms with Crippen molar-refractivity contribution in [1.82, 2.24) is 9.47 Å². The molecular weight excluding hydrogens is 352 g/mol. The zero-order valence-corrected chi connectivity index (χ0v) is 17.1. The molecule has 1 aliphatic heterocycles. The molecule has 1 amide bonds. The van der Waals surface area contributed by atoms with E-state index in [0.29, 0.717) is 31.1 Å². The van der Waals surface area contributed by atoms with Crippen molar-refractivity contribution in [2.45, 2.75) is 46.6 Å². The van der Waals surface area contributed by atoms with E-state index in [2.05, 4.69) is 11.5 Å². The lowest BCUT2D eigenvalue weighted by Gasteiger charge is -2.31. The van der Waals surface area contributed by atoms with E-state index in [0.717, 1.165) is 36.5 Å². The van der Waals surface area contributed by atoms with Crippen molar-refractivity contribution in [2.24, 2.45) is 5.92 Å². The highest BCUT2D eigenvalue weighted by Crippen LogP contribution is 2.27. The first-order valence-electron chi connectivity index (χ1n) is 10.2. The summed E-state index contributed by atoms with van der Waals surface area (Å²) in [5, 5.41) is 0. The second-order valence-corrected chi connectivity index (χ2v) is 7.60. The molecule has 5 heteroatoms. The maximum Gasteiger partial charge on any atom is 0.339 e. The maximum absolute atomic E-state index is 12.7. The van der Waals surface area contributed by atoms with Gasteiger partial charge in [-0.3, -0.25) is 4.79 Å². The van der Waals surface area contributed by atoms with Crippen molar-refractivity contribution in [3.05, 3.63) is 47.7 Å². The number of hydrogen-bond donors (Lipinski definition) is 0. The number of ether oxygens (including phenoxy) is 1. The van der Waals surface area contributed by atoms with Crippen LogP contribution in [0.25, 0.3) is 11.3 Å². The Kier molecular flexibility index (Phi) is 6.55. The van der Waals surface area contributed by atoms with Crippen molar-refractivity contribution in [1.29, 1.82) is 0 Å². The molecule has 3 rings (SSSR count). The minimum absolute atomic E-state index is 0.191. The molecule has 150 valence electrons. The summed E-state index contributed by atoms with van der Waals surface area (Å²) in [5.41, 5.74) is 3.39. The van der Waals surface area contributed by atoms with Crippen LogP contribution in [0.4, 0.5) is 0 Å². The number of benzene rings is 1. The van der Waals surface area contributed by atoms with Crippen LogP contribution in [0.15, 0.2) is 36.4 Å². The molecule has 0 unspecified atom stereocenters. The second kappa shape index (κ2) is 9.09. The van der Waals surface area contributed by atoms with Gasteiger partial charge in [-0.25, -0.2) is 4.79 Å². The lowest BCUT2D eigenvalue weighted by atomic mass is 10.00. The first-order chi connectivity index (χ1) is 13.5. The van der Waals surface area contributed by atoms with Crippen molar-refractivity contribution in [2.75, 3.05) is 19.7 Å². The summed E-state index contributed by atoms with van der Waals surface area (Å²) in [7, 11) is 0. The van der Waals surface area contributed by atoms with Crippen molar-refractivity contribution in [3.63, 3.8) is 0 Å². The molecule has 1 saturated heterocycles. The normalized spacial score (nSPS) is 16.8. The molecule has 28 heavy (non-hydrogen) atoms. The van der Waals surface area contributed by atoms with Gasteiger partial charge in [0.25, 0.3) is 0 Å². The highest BCUT2D eigenvalue weighted by molar-refractivity contribution is 5.92. The number of nitrogens with zero attached hydrogens (tertiary/aromatic N) is 2. The Labute approximate surface area is 167 Å². The Balaban J connectivity index is 1.84. The molecule has 2 aromatic rings. The van der Waals surface area contributed by atoms with Crippen LogP contribution in [0.3, 0.4) is 0 Å². The third kappa shape index (κ3) is 4.46. The minimum atomic E-state index is -0.313. The van der Waals surface area contributed by atoms with Crippen molar-refractivity contribution in [3.8, 4) is 11.3 Å². The zero-order chi connectivity index (χ0) is 20.1. The standard InChI is InChI=1S/C23H30N2O3/c1-4-28-23(27)20-15-21(19-10-6-5-7-11-19)25(18(20)3)14-12-22(26)24-13-8-9-17(2)16-24/h5-7,10-11,15,17H,4,8-9,12-14,16H2,1-3H3/t17-/m0/s1. The molecule has 1 aliphatic rings. The topological polar surface area (TPSA) is 51.5 Å². The third-order valence-electron chi connectivity index (χ3n) is 5.49. The quantitative estimate of drug-likeness (QED) is 0.701. The first-order valence-corrected chi connectivity index (χ1v) is 10.2. The lowest BCUT2D eigenvalue weighted by molar-refractivity contribution is -0.133. The van der Waals surface area contributed by atoms with Crippen LogP contribution >= 0.6 is 0 Å². The molecule has 0 aliphatic carbocycles. The number of aromatic nitrogens is 1. The number of rotatable bonds is 6. The van der Waals surface area contributed by atoms with Crippen LogP contribution in [-0.2, 0) is 16.1 Å². The molecule has 1 fully saturated rings. The summed E-state index contributed by atoms with van der Waals surface area (Å²) in [6, 6.07) is 11.9. The molecule has 0 spiro atoms. The van der Waals surface area contributed by atoms with Gasteiger partial charge >= 0.3 is 5.97 Å². The van der Waals surface area contributed by atoms with Gasteiger partial charge in [0, 0.05) is 37.4 Å². The fraction of sp³-hybridized carbons (Fsp3) is 0.478. The molecule has 0 bridgehead atoms. The molecule has 0 radical (unpaired) electrons. The average Bonchev–Trinajstić information content (AvgIpc) is 3.03. The average molecular weight is 383 g/mol. The van der Waals surface area contributed by atoms with E-state index in [4.69, 9.17) is 4.74 Å². The third-order valence-corrected chi connectivity index (χ3v) is 5.49. The van der Waals surface area contributed by atoms with Crippen LogP contribution in [0.1, 0.15) is 49.2 Å². The van der Waals surface area contributed by atoms with E-state index in [1.165, 1.54) is 6.42 Å². The Bertz CT molecular complexity index is 826. The SMILES string of the molecule is CCOC(=O)c1cc(-c2ccccc2)n(CCC(=O)N2CCC[C@H](C)C2)c1C. The smallest absolute Gasteiger partial charge is 0.339 e. The summed E-state index contributed by atoms with van der Waals surface area (Å²) in [6.45, 7) is 8.53. The number of piperidine rings is 1. The van der Waals surface area contributed by atoms with E-state index in [9.17, 15) is 9.59 Å². The van der Waals surface area contributed by atoms with Crippen molar-refractivity contribution >= 4 is 11.9 Å². The largest absolute Gasteiger partial charge is 0.462 e. The monoisotopic (exact) mass is 382 g/mol. The van der Waals surface area contributed by atoms with Gasteiger partial charge < -0.3 is 14.2 Å². The Morgan fingerprint density at radius 1 is 1.21 bits per heavy atom. The maximum atomic E-state index is 12.7. The predicted molar refractivity (Wildman–Crippen MR) is 110 cm³/mol. The van der Waals surface area contributed by atoms with Gasteiger partial charge in [-0.15, -0.1) is 0 Å². The fourth-order valence-electron chi connectivity index (χ4n) is 3.98. The summed E-state index contributed by atoms with van der Waals surface area (Å²) >= 11 is 0. The van der Waals surface area contributed by atoms with Gasteiger partial charge in [0.2, 0.25) is 5.91 Å². The summed E-state index contributed by atoms with van der Waals surface area (Å²) in [6.07, 6.45) is 2.71. The fourth-order valence-corrected chi connectivity index (χ4v) is 3.98.